The molecule has 0 aliphatic carbocycles. The van der Waals surface area contributed by atoms with Crippen molar-refractivity contribution < 1.29 is 4.74 Å². The number of nitrogens with zero attached hydrogens (tertiary/aromatic N) is 1. The van der Waals surface area contributed by atoms with E-state index in [1.54, 1.807) is 0 Å². The quantitative estimate of drug-likeness (QED) is 0.677. The Kier molecular flexibility index (Phi) is 2.30. The lowest BCUT2D eigenvalue weighted by Gasteiger charge is -2.10. The van der Waals surface area contributed by atoms with E-state index in [1.165, 1.54) is 5.56 Å². The van der Waals surface area contributed by atoms with Crippen LogP contribution in [-0.4, -0.2) is 12.4 Å². The van der Waals surface area contributed by atoms with E-state index in [0.29, 0.717) is 0 Å². The molecule has 2 heteroatoms. The van der Waals surface area contributed by atoms with Gasteiger partial charge in [-0.05, 0) is 5.56 Å². The average Bonchev–Trinajstić information content (AvgIpc) is 2.67. The third-order valence-electron chi connectivity index (χ3n) is 2.19. The van der Waals surface area contributed by atoms with Crippen LogP contribution >= 0.6 is 0 Å². The molecule has 1 aromatic rings. The topological polar surface area (TPSA) is 21.6 Å². The molecule has 2 rings (SSSR count). The van der Waals surface area contributed by atoms with E-state index in [2.05, 4.69) is 24.0 Å². The molecule has 1 aromatic carbocycles. The molecule has 1 heterocycles. The van der Waals surface area contributed by atoms with Crippen LogP contribution in [0.15, 0.2) is 35.3 Å². The van der Waals surface area contributed by atoms with Crippen LogP contribution in [0.1, 0.15) is 25.0 Å². The molecule has 68 valence electrons. The summed E-state index contributed by atoms with van der Waals surface area (Å²) in [5.41, 5.74) is 1.22. The minimum absolute atomic E-state index is 0.149. The summed E-state index contributed by atoms with van der Waals surface area (Å²) in [5.74, 6) is 0.883. The first-order valence-electron chi connectivity index (χ1n) is 4.65. The summed E-state index contributed by atoms with van der Waals surface area (Å²) in [4.78, 5) is 4.31. The van der Waals surface area contributed by atoms with E-state index in [-0.39, 0.29) is 6.10 Å². The third-order valence-corrected chi connectivity index (χ3v) is 2.19. The standard InChI is InChI=1S/C11H13NO/c1-2-11-12-8-10(13-11)9-6-4-3-5-7-9/h3-7,10H,2,8H2,1H3. The van der Waals surface area contributed by atoms with Crippen molar-refractivity contribution in [3.05, 3.63) is 35.9 Å². The number of rotatable bonds is 2. The van der Waals surface area contributed by atoms with Crippen molar-refractivity contribution >= 4 is 5.90 Å². The molecule has 1 aliphatic rings. The molecular formula is C11H13NO. The second-order valence-corrected chi connectivity index (χ2v) is 3.11. The van der Waals surface area contributed by atoms with Crippen molar-refractivity contribution in [2.24, 2.45) is 4.99 Å². The number of hydrogen-bond donors (Lipinski definition) is 0. The zero-order valence-corrected chi connectivity index (χ0v) is 7.73. The van der Waals surface area contributed by atoms with E-state index in [9.17, 15) is 0 Å². The van der Waals surface area contributed by atoms with Crippen LogP contribution in [0.25, 0.3) is 0 Å². The molecule has 0 radical (unpaired) electrons. The zero-order valence-electron chi connectivity index (χ0n) is 7.73. The van der Waals surface area contributed by atoms with Gasteiger partial charge in [-0.25, -0.2) is 0 Å². The SMILES string of the molecule is CCC1=NCC(c2ccccc2)O1. The molecule has 0 bridgehead atoms. The van der Waals surface area contributed by atoms with Gasteiger partial charge in [0.15, 0.2) is 5.90 Å². The lowest BCUT2D eigenvalue weighted by atomic mass is 10.1. The van der Waals surface area contributed by atoms with Crippen molar-refractivity contribution in [2.75, 3.05) is 6.54 Å². The first-order chi connectivity index (χ1) is 6.40. The molecule has 0 aromatic heterocycles. The van der Waals surface area contributed by atoms with E-state index < -0.39 is 0 Å². The normalized spacial score (nSPS) is 21.0. The van der Waals surface area contributed by atoms with Gasteiger partial charge in [0.25, 0.3) is 0 Å². The van der Waals surface area contributed by atoms with Crippen LogP contribution in [0.2, 0.25) is 0 Å². The predicted molar refractivity (Wildman–Crippen MR) is 52.9 cm³/mol. The van der Waals surface area contributed by atoms with Gasteiger partial charge in [0.05, 0.1) is 6.54 Å². The van der Waals surface area contributed by atoms with Crippen molar-refractivity contribution in [1.29, 1.82) is 0 Å². The molecule has 13 heavy (non-hydrogen) atoms. The molecule has 0 saturated carbocycles. The Bertz CT molecular complexity index is 305. The van der Waals surface area contributed by atoms with Crippen LogP contribution < -0.4 is 0 Å². The maximum atomic E-state index is 5.65. The average molecular weight is 175 g/mol. The molecule has 1 atom stereocenters. The van der Waals surface area contributed by atoms with Gasteiger partial charge in [-0.1, -0.05) is 37.3 Å². The molecular weight excluding hydrogens is 162 g/mol. The number of benzene rings is 1. The summed E-state index contributed by atoms with van der Waals surface area (Å²) in [6.45, 7) is 2.83. The highest BCUT2D eigenvalue weighted by atomic mass is 16.5. The van der Waals surface area contributed by atoms with Gasteiger partial charge in [-0.3, -0.25) is 4.99 Å². The van der Waals surface area contributed by atoms with Gasteiger partial charge in [-0.2, -0.15) is 0 Å². The first kappa shape index (κ1) is 8.30. The third kappa shape index (κ3) is 1.72. The summed E-state index contributed by atoms with van der Waals surface area (Å²) < 4.78 is 5.65. The summed E-state index contributed by atoms with van der Waals surface area (Å²) in [7, 11) is 0. The maximum absolute atomic E-state index is 5.65. The second kappa shape index (κ2) is 3.60. The monoisotopic (exact) mass is 175 g/mol. The molecule has 0 saturated heterocycles. The van der Waals surface area contributed by atoms with E-state index in [0.717, 1.165) is 18.9 Å². The lowest BCUT2D eigenvalue weighted by molar-refractivity contribution is 0.224. The van der Waals surface area contributed by atoms with Crippen LogP contribution in [0, 0.1) is 0 Å². The fourth-order valence-corrected chi connectivity index (χ4v) is 1.46. The highest BCUT2D eigenvalue weighted by Crippen LogP contribution is 2.23. The van der Waals surface area contributed by atoms with E-state index in [1.807, 2.05) is 18.2 Å². The van der Waals surface area contributed by atoms with Crippen molar-refractivity contribution in [2.45, 2.75) is 19.4 Å². The molecule has 0 amide bonds. The fraction of sp³-hybridized carbons (Fsp3) is 0.364. The molecule has 1 unspecified atom stereocenters. The predicted octanol–water partition coefficient (Wildman–Crippen LogP) is 2.57. The largest absolute Gasteiger partial charge is 0.471 e. The minimum Gasteiger partial charge on any atom is -0.471 e. The van der Waals surface area contributed by atoms with Crippen LogP contribution in [-0.2, 0) is 4.74 Å². The second-order valence-electron chi connectivity index (χ2n) is 3.11. The van der Waals surface area contributed by atoms with Crippen molar-refractivity contribution in [3.8, 4) is 0 Å². The fourth-order valence-electron chi connectivity index (χ4n) is 1.46. The van der Waals surface area contributed by atoms with Gasteiger partial charge < -0.3 is 4.74 Å². The summed E-state index contributed by atoms with van der Waals surface area (Å²) >= 11 is 0. The molecule has 2 nitrogen and oxygen atoms in total. The Labute approximate surface area is 78.3 Å². The smallest absolute Gasteiger partial charge is 0.183 e. The highest BCUT2D eigenvalue weighted by molar-refractivity contribution is 5.77. The zero-order chi connectivity index (χ0) is 9.10. The number of aliphatic imine (C=N–C) groups is 1. The van der Waals surface area contributed by atoms with Gasteiger partial charge in [0.1, 0.15) is 6.10 Å². The van der Waals surface area contributed by atoms with Gasteiger partial charge in [0.2, 0.25) is 0 Å². The van der Waals surface area contributed by atoms with Crippen LogP contribution in [0.5, 0.6) is 0 Å². The van der Waals surface area contributed by atoms with Crippen molar-refractivity contribution in [1.82, 2.24) is 0 Å². The van der Waals surface area contributed by atoms with E-state index >= 15 is 0 Å². The number of ether oxygens (including phenoxy) is 1. The lowest BCUT2D eigenvalue weighted by Crippen LogP contribution is -2.03. The summed E-state index contributed by atoms with van der Waals surface area (Å²) in [6, 6.07) is 10.2. The molecule has 0 N–H and O–H groups in total. The van der Waals surface area contributed by atoms with Gasteiger partial charge in [0, 0.05) is 6.42 Å². The van der Waals surface area contributed by atoms with E-state index in [4.69, 9.17) is 4.74 Å². The van der Waals surface area contributed by atoms with Gasteiger partial charge >= 0.3 is 0 Å². The Hall–Kier alpha value is -1.31. The summed E-state index contributed by atoms with van der Waals surface area (Å²) in [5, 5.41) is 0. The Balaban J connectivity index is 2.07. The van der Waals surface area contributed by atoms with Crippen LogP contribution in [0.3, 0.4) is 0 Å². The molecule has 1 aliphatic heterocycles. The Morgan fingerprint density at radius 1 is 1.38 bits per heavy atom. The Morgan fingerprint density at radius 3 is 2.77 bits per heavy atom. The van der Waals surface area contributed by atoms with Crippen molar-refractivity contribution in [3.63, 3.8) is 0 Å². The highest BCUT2D eigenvalue weighted by Gasteiger charge is 2.19. The number of hydrogen-bond acceptors (Lipinski definition) is 2. The molecule has 0 fully saturated rings. The molecule has 0 spiro atoms. The summed E-state index contributed by atoms with van der Waals surface area (Å²) in [6.07, 6.45) is 1.04. The van der Waals surface area contributed by atoms with Gasteiger partial charge in [-0.15, -0.1) is 0 Å². The van der Waals surface area contributed by atoms with Crippen LogP contribution in [0.4, 0.5) is 0 Å². The maximum Gasteiger partial charge on any atom is 0.183 e. The minimum atomic E-state index is 0.149. The Morgan fingerprint density at radius 2 is 2.15 bits per heavy atom. The first-order valence-corrected chi connectivity index (χ1v) is 4.65.